The van der Waals surface area contributed by atoms with Gasteiger partial charge in [-0.25, -0.2) is 4.39 Å². The third-order valence-corrected chi connectivity index (χ3v) is 4.47. The van der Waals surface area contributed by atoms with E-state index < -0.39 is 5.82 Å². The van der Waals surface area contributed by atoms with Crippen LogP contribution in [0.4, 0.5) is 4.39 Å². The van der Waals surface area contributed by atoms with E-state index in [0.29, 0.717) is 30.4 Å². The fourth-order valence-corrected chi connectivity index (χ4v) is 2.84. The van der Waals surface area contributed by atoms with Crippen molar-refractivity contribution in [3.63, 3.8) is 0 Å². The second-order valence-corrected chi connectivity index (χ2v) is 6.76. The normalized spacial score (nSPS) is 10.4. The number of carbonyl (C=O) groups is 1. The maximum absolute atomic E-state index is 13.2. The molecule has 0 aliphatic rings. The third kappa shape index (κ3) is 5.98. The molecule has 0 atom stereocenters. The minimum absolute atomic E-state index is 0.171. The Morgan fingerprint density at radius 2 is 1.70 bits per heavy atom. The quantitative estimate of drug-likeness (QED) is 0.524. The summed E-state index contributed by atoms with van der Waals surface area (Å²) in [6.45, 7) is 0.641. The Kier molecular flexibility index (Phi) is 7.27. The number of ether oxygens (including phenoxy) is 3. The number of methoxy groups -OCH3 is 1. The SMILES string of the molecule is COc1cc(CN(C)C(=O)COc2cccc(F)c2)ccc1OCc1ccccc1. The second kappa shape index (κ2) is 10.3. The van der Waals surface area contributed by atoms with Crippen molar-refractivity contribution < 1.29 is 23.4 Å². The van der Waals surface area contributed by atoms with E-state index in [9.17, 15) is 9.18 Å². The molecule has 0 aromatic heterocycles. The molecule has 0 bridgehead atoms. The molecule has 156 valence electrons. The van der Waals surface area contributed by atoms with Crippen LogP contribution in [0.5, 0.6) is 17.2 Å². The molecule has 0 N–H and O–H groups in total. The Bertz CT molecular complexity index is 978. The van der Waals surface area contributed by atoms with Crippen LogP contribution in [0.25, 0.3) is 0 Å². The predicted octanol–water partition coefficient (Wildman–Crippen LogP) is 4.45. The molecule has 3 aromatic carbocycles. The summed E-state index contributed by atoms with van der Waals surface area (Å²) < 4.78 is 29.9. The first-order valence-corrected chi connectivity index (χ1v) is 9.51. The van der Waals surface area contributed by atoms with Gasteiger partial charge in [0.05, 0.1) is 7.11 Å². The molecule has 3 aromatic rings. The maximum Gasteiger partial charge on any atom is 0.260 e. The van der Waals surface area contributed by atoms with Crippen LogP contribution in [0.3, 0.4) is 0 Å². The summed E-state index contributed by atoms with van der Waals surface area (Å²) >= 11 is 0. The highest BCUT2D eigenvalue weighted by Gasteiger charge is 2.13. The minimum Gasteiger partial charge on any atom is -0.493 e. The van der Waals surface area contributed by atoms with Gasteiger partial charge in [-0.1, -0.05) is 42.5 Å². The zero-order valence-corrected chi connectivity index (χ0v) is 17.0. The molecule has 3 rings (SSSR count). The van der Waals surface area contributed by atoms with E-state index in [1.54, 1.807) is 25.1 Å². The van der Waals surface area contributed by atoms with Crippen LogP contribution in [0.1, 0.15) is 11.1 Å². The highest BCUT2D eigenvalue weighted by Crippen LogP contribution is 2.29. The molecule has 0 fully saturated rings. The number of benzene rings is 3. The van der Waals surface area contributed by atoms with Crippen LogP contribution in [0.15, 0.2) is 72.8 Å². The van der Waals surface area contributed by atoms with Crippen LogP contribution in [0.2, 0.25) is 0 Å². The minimum atomic E-state index is -0.407. The van der Waals surface area contributed by atoms with Gasteiger partial charge in [0.15, 0.2) is 18.1 Å². The maximum atomic E-state index is 13.2. The van der Waals surface area contributed by atoms with E-state index in [1.165, 1.54) is 18.2 Å². The first kappa shape index (κ1) is 21.2. The van der Waals surface area contributed by atoms with Gasteiger partial charge >= 0.3 is 0 Å². The summed E-state index contributed by atoms with van der Waals surface area (Å²) in [6.07, 6.45) is 0. The van der Waals surface area contributed by atoms with Crippen LogP contribution >= 0.6 is 0 Å². The molecule has 0 saturated carbocycles. The molecule has 0 heterocycles. The van der Waals surface area contributed by atoms with E-state index in [-0.39, 0.29) is 12.5 Å². The van der Waals surface area contributed by atoms with E-state index in [0.717, 1.165) is 11.1 Å². The van der Waals surface area contributed by atoms with Gasteiger partial charge in [0.25, 0.3) is 5.91 Å². The zero-order valence-electron chi connectivity index (χ0n) is 17.0. The van der Waals surface area contributed by atoms with Crippen molar-refractivity contribution >= 4 is 5.91 Å². The number of amides is 1. The van der Waals surface area contributed by atoms with Crippen molar-refractivity contribution in [3.05, 3.63) is 89.7 Å². The fourth-order valence-electron chi connectivity index (χ4n) is 2.84. The Balaban J connectivity index is 1.56. The van der Waals surface area contributed by atoms with Gasteiger partial charge in [-0.05, 0) is 35.4 Å². The first-order chi connectivity index (χ1) is 14.5. The van der Waals surface area contributed by atoms with Gasteiger partial charge in [0.2, 0.25) is 0 Å². The molecule has 0 unspecified atom stereocenters. The number of halogens is 1. The monoisotopic (exact) mass is 409 g/mol. The Morgan fingerprint density at radius 3 is 2.43 bits per heavy atom. The van der Waals surface area contributed by atoms with Crippen LogP contribution in [0, 0.1) is 5.82 Å². The zero-order chi connectivity index (χ0) is 21.3. The number of nitrogens with zero attached hydrogens (tertiary/aromatic N) is 1. The Morgan fingerprint density at radius 1 is 0.900 bits per heavy atom. The highest BCUT2D eigenvalue weighted by molar-refractivity contribution is 5.77. The molecule has 1 amide bonds. The molecule has 0 aliphatic carbocycles. The largest absolute Gasteiger partial charge is 0.493 e. The average Bonchev–Trinajstić information content (AvgIpc) is 2.77. The van der Waals surface area contributed by atoms with E-state index in [1.807, 2.05) is 48.5 Å². The lowest BCUT2D eigenvalue weighted by atomic mass is 10.2. The molecular weight excluding hydrogens is 385 g/mol. The van der Waals surface area contributed by atoms with Gasteiger partial charge in [-0.15, -0.1) is 0 Å². The third-order valence-electron chi connectivity index (χ3n) is 4.47. The van der Waals surface area contributed by atoms with Gasteiger partial charge in [-0.2, -0.15) is 0 Å². The van der Waals surface area contributed by atoms with Gasteiger partial charge in [0, 0.05) is 19.7 Å². The molecule has 0 saturated heterocycles. The summed E-state index contributed by atoms with van der Waals surface area (Å²) in [5.74, 6) is 0.921. The molecule has 5 nitrogen and oxygen atoms in total. The van der Waals surface area contributed by atoms with Crippen molar-refractivity contribution in [1.82, 2.24) is 4.90 Å². The first-order valence-electron chi connectivity index (χ1n) is 9.51. The summed E-state index contributed by atoms with van der Waals surface area (Å²) in [5, 5.41) is 0. The van der Waals surface area contributed by atoms with Crippen molar-refractivity contribution in [2.24, 2.45) is 0 Å². The Hall–Kier alpha value is -3.54. The lowest BCUT2D eigenvalue weighted by Gasteiger charge is -2.19. The van der Waals surface area contributed by atoms with Crippen LogP contribution < -0.4 is 14.2 Å². The van der Waals surface area contributed by atoms with E-state index >= 15 is 0 Å². The van der Waals surface area contributed by atoms with Gasteiger partial charge in [0.1, 0.15) is 18.2 Å². The van der Waals surface area contributed by atoms with Crippen LogP contribution in [-0.2, 0) is 17.9 Å². The summed E-state index contributed by atoms with van der Waals surface area (Å²) in [4.78, 5) is 13.9. The molecular formula is C24H24FNO4. The lowest BCUT2D eigenvalue weighted by molar-refractivity contribution is -0.132. The lowest BCUT2D eigenvalue weighted by Crippen LogP contribution is -2.31. The van der Waals surface area contributed by atoms with Crippen molar-refractivity contribution in [1.29, 1.82) is 0 Å². The number of carbonyl (C=O) groups excluding carboxylic acids is 1. The standard InChI is InChI=1S/C24H24FNO4/c1-26(24(27)17-29-21-10-6-9-20(25)14-21)15-19-11-12-22(23(13-19)28-2)30-16-18-7-4-3-5-8-18/h3-14H,15-17H2,1-2H3. The second-order valence-electron chi connectivity index (χ2n) is 6.76. The predicted molar refractivity (Wildman–Crippen MR) is 112 cm³/mol. The summed E-state index contributed by atoms with van der Waals surface area (Å²) in [7, 11) is 3.26. The van der Waals surface area contributed by atoms with E-state index in [4.69, 9.17) is 14.2 Å². The van der Waals surface area contributed by atoms with Crippen LogP contribution in [-0.4, -0.2) is 31.6 Å². The molecule has 6 heteroatoms. The Labute approximate surface area is 175 Å². The molecule has 30 heavy (non-hydrogen) atoms. The summed E-state index contributed by atoms with van der Waals surface area (Å²) in [6, 6.07) is 21.1. The average molecular weight is 409 g/mol. The number of hydrogen-bond acceptors (Lipinski definition) is 4. The summed E-state index contributed by atoms with van der Waals surface area (Å²) in [5.41, 5.74) is 1.95. The molecule has 0 spiro atoms. The topological polar surface area (TPSA) is 48.0 Å². The number of rotatable bonds is 9. The van der Waals surface area contributed by atoms with E-state index in [2.05, 4.69) is 0 Å². The van der Waals surface area contributed by atoms with Gasteiger partial charge < -0.3 is 19.1 Å². The highest BCUT2D eigenvalue weighted by atomic mass is 19.1. The number of hydrogen-bond donors (Lipinski definition) is 0. The molecule has 0 aliphatic heterocycles. The van der Waals surface area contributed by atoms with Crippen molar-refractivity contribution in [2.45, 2.75) is 13.2 Å². The van der Waals surface area contributed by atoms with Crippen molar-refractivity contribution in [2.75, 3.05) is 20.8 Å². The number of likely N-dealkylation sites (N-methyl/N-ethyl adjacent to an activating group) is 1. The fraction of sp³-hybridized carbons (Fsp3) is 0.208. The smallest absolute Gasteiger partial charge is 0.260 e. The van der Waals surface area contributed by atoms with Crippen molar-refractivity contribution in [3.8, 4) is 17.2 Å². The molecule has 0 radical (unpaired) electrons. The van der Waals surface area contributed by atoms with Gasteiger partial charge in [-0.3, -0.25) is 4.79 Å².